The largest absolute Gasteiger partial charge is 0.395 e. The van der Waals surface area contributed by atoms with Gasteiger partial charge in [0.05, 0.1) is 12.2 Å². The Labute approximate surface area is 112 Å². The van der Waals surface area contributed by atoms with Gasteiger partial charge in [0.2, 0.25) is 0 Å². The van der Waals surface area contributed by atoms with E-state index in [2.05, 4.69) is 4.90 Å². The van der Waals surface area contributed by atoms with Gasteiger partial charge in [-0.1, -0.05) is 11.6 Å². The molecule has 0 saturated carbocycles. The van der Waals surface area contributed by atoms with E-state index < -0.39 is 5.82 Å². The summed E-state index contributed by atoms with van der Waals surface area (Å²) < 4.78 is 13.7. The molecule has 2 rings (SSSR count). The highest BCUT2D eigenvalue weighted by molar-refractivity contribution is 5.94. The SMILES string of the molecule is Cc1ccc(F)c(C(=O)N2CCN(CCO)CC2)c1. The number of rotatable bonds is 3. The molecular formula is C14H19FN2O2. The van der Waals surface area contributed by atoms with Crippen molar-refractivity contribution in [3.05, 3.63) is 35.1 Å². The lowest BCUT2D eigenvalue weighted by Gasteiger charge is -2.34. The highest BCUT2D eigenvalue weighted by Gasteiger charge is 2.23. The number of aliphatic hydroxyl groups is 1. The number of carbonyl (C=O) groups is 1. The minimum absolute atomic E-state index is 0.125. The number of benzene rings is 1. The summed E-state index contributed by atoms with van der Waals surface area (Å²) in [6, 6.07) is 4.59. The first kappa shape index (κ1) is 14.0. The van der Waals surface area contributed by atoms with Gasteiger partial charge in [0.1, 0.15) is 5.82 Å². The fraction of sp³-hybridized carbons (Fsp3) is 0.500. The second kappa shape index (κ2) is 6.12. The zero-order chi connectivity index (χ0) is 13.8. The van der Waals surface area contributed by atoms with Gasteiger partial charge in [-0.3, -0.25) is 9.69 Å². The quantitative estimate of drug-likeness (QED) is 0.883. The summed E-state index contributed by atoms with van der Waals surface area (Å²) in [5.41, 5.74) is 1.03. The maximum atomic E-state index is 13.7. The third kappa shape index (κ3) is 3.30. The van der Waals surface area contributed by atoms with Gasteiger partial charge in [-0.05, 0) is 19.1 Å². The monoisotopic (exact) mass is 266 g/mol. The first-order valence-corrected chi connectivity index (χ1v) is 6.50. The van der Waals surface area contributed by atoms with Gasteiger partial charge in [0, 0.05) is 32.7 Å². The molecule has 1 aromatic carbocycles. The first-order chi connectivity index (χ1) is 9.11. The van der Waals surface area contributed by atoms with Gasteiger partial charge in [0.25, 0.3) is 5.91 Å². The van der Waals surface area contributed by atoms with E-state index in [0.29, 0.717) is 19.6 Å². The molecule has 104 valence electrons. The Bertz CT molecular complexity index is 457. The van der Waals surface area contributed by atoms with Gasteiger partial charge in [0.15, 0.2) is 0 Å². The van der Waals surface area contributed by atoms with Crippen molar-refractivity contribution in [2.75, 3.05) is 39.3 Å². The Hall–Kier alpha value is -1.46. The number of nitrogens with zero attached hydrogens (tertiary/aromatic N) is 2. The minimum Gasteiger partial charge on any atom is -0.395 e. The maximum Gasteiger partial charge on any atom is 0.256 e. The Morgan fingerprint density at radius 2 is 2.00 bits per heavy atom. The number of carbonyl (C=O) groups excluding carboxylic acids is 1. The summed E-state index contributed by atoms with van der Waals surface area (Å²) in [5.74, 6) is -0.710. The maximum absolute atomic E-state index is 13.7. The lowest BCUT2D eigenvalue weighted by Crippen LogP contribution is -2.49. The van der Waals surface area contributed by atoms with Crippen molar-refractivity contribution in [1.29, 1.82) is 0 Å². The molecule has 1 saturated heterocycles. The van der Waals surface area contributed by atoms with E-state index in [1.807, 2.05) is 6.92 Å². The van der Waals surface area contributed by atoms with Crippen LogP contribution >= 0.6 is 0 Å². The number of halogens is 1. The van der Waals surface area contributed by atoms with Gasteiger partial charge in [-0.2, -0.15) is 0 Å². The van der Waals surface area contributed by atoms with Gasteiger partial charge in [-0.15, -0.1) is 0 Å². The number of piperazine rings is 1. The van der Waals surface area contributed by atoms with Crippen LogP contribution in [0.3, 0.4) is 0 Å². The molecule has 0 aliphatic carbocycles. The lowest BCUT2D eigenvalue weighted by molar-refractivity contribution is 0.0610. The number of aliphatic hydroxyl groups excluding tert-OH is 1. The summed E-state index contributed by atoms with van der Waals surface area (Å²) in [4.78, 5) is 16.0. The Morgan fingerprint density at radius 3 is 2.63 bits per heavy atom. The molecule has 5 heteroatoms. The van der Waals surface area contributed by atoms with Crippen LogP contribution < -0.4 is 0 Å². The van der Waals surface area contributed by atoms with E-state index in [0.717, 1.165) is 18.7 Å². The second-order valence-electron chi connectivity index (χ2n) is 4.84. The smallest absolute Gasteiger partial charge is 0.256 e. The third-order valence-electron chi connectivity index (χ3n) is 3.43. The van der Waals surface area contributed by atoms with E-state index in [1.54, 1.807) is 17.0 Å². The number of β-amino-alcohol motifs (C(OH)–C–C–N with tert-alkyl or cyclic N) is 1. The Morgan fingerprint density at radius 1 is 1.32 bits per heavy atom. The zero-order valence-electron chi connectivity index (χ0n) is 11.1. The summed E-state index contributed by atoms with van der Waals surface area (Å²) in [6.45, 7) is 5.19. The predicted molar refractivity (Wildman–Crippen MR) is 70.6 cm³/mol. The van der Waals surface area contributed by atoms with Crippen molar-refractivity contribution in [1.82, 2.24) is 9.80 Å². The van der Waals surface area contributed by atoms with Crippen LogP contribution in [0.1, 0.15) is 15.9 Å². The van der Waals surface area contributed by atoms with Gasteiger partial charge < -0.3 is 10.0 Å². The molecule has 1 fully saturated rings. The van der Waals surface area contributed by atoms with Crippen LogP contribution in [-0.2, 0) is 0 Å². The molecule has 0 atom stereocenters. The first-order valence-electron chi connectivity index (χ1n) is 6.50. The van der Waals surface area contributed by atoms with Gasteiger partial charge in [-0.25, -0.2) is 4.39 Å². The molecule has 1 aliphatic heterocycles. The Kier molecular flexibility index (Phi) is 4.50. The van der Waals surface area contributed by atoms with E-state index in [9.17, 15) is 9.18 Å². The molecule has 1 N–H and O–H groups in total. The highest BCUT2D eigenvalue weighted by Crippen LogP contribution is 2.14. The third-order valence-corrected chi connectivity index (χ3v) is 3.43. The molecule has 1 amide bonds. The number of aryl methyl sites for hydroxylation is 1. The molecule has 0 aromatic heterocycles. The molecule has 4 nitrogen and oxygen atoms in total. The molecule has 0 bridgehead atoms. The standard InChI is InChI=1S/C14H19FN2O2/c1-11-2-3-13(15)12(10-11)14(19)17-6-4-16(5-7-17)8-9-18/h2-3,10,18H,4-9H2,1H3. The second-order valence-corrected chi connectivity index (χ2v) is 4.84. The molecule has 0 spiro atoms. The van der Waals surface area contributed by atoms with E-state index in [-0.39, 0.29) is 18.1 Å². The number of amides is 1. The topological polar surface area (TPSA) is 43.8 Å². The predicted octanol–water partition coefficient (Wildman–Crippen LogP) is 0.884. The van der Waals surface area contributed by atoms with Crippen molar-refractivity contribution < 1.29 is 14.3 Å². The molecule has 1 aliphatic rings. The van der Waals surface area contributed by atoms with Crippen molar-refractivity contribution >= 4 is 5.91 Å². The lowest BCUT2D eigenvalue weighted by atomic mass is 10.1. The Balaban J connectivity index is 2.03. The fourth-order valence-electron chi connectivity index (χ4n) is 2.29. The zero-order valence-corrected chi connectivity index (χ0v) is 11.1. The van der Waals surface area contributed by atoms with Crippen LogP contribution in [0.15, 0.2) is 18.2 Å². The molecule has 1 aromatic rings. The summed E-state index contributed by atoms with van der Waals surface area (Å²) in [6.07, 6.45) is 0. The molecule has 19 heavy (non-hydrogen) atoms. The fourth-order valence-corrected chi connectivity index (χ4v) is 2.29. The molecular weight excluding hydrogens is 247 g/mol. The van der Waals surface area contributed by atoms with Crippen LogP contribution in [0.5, 0.6) is 0 Å². The van der Waals surface area contributed by atoms with Crippen molar-refractivity contribution in [2.45, 2.75) is 6.92 Å². The molecule has 0 unspecified atom stereocenters. The van der Waals surface area contributed by atoms with Crippen molar-refractivity contribution in [2.24, 2.45) is 0 Å². The van der Waals surface area contributed by atoms with Crippen LogP contribution in [-0.4, -0.2) is 60.1 Å². The normalized spacial score (nSPS) is 16.7. The van der Waals surface area contributed by atoms with E-state index >= 15 is 0 Å². The van der Waals surface area contributed by atoms with Crippen LogP contribution in [0.25, 0.3) is 0 Å². The molecule has 0 radical (unpaired) electrons. The van der Waals surface area contributed by atoms with Crippen molar-refractivity contribution in [3.8, 4) is 0 Å². The summed E-state index contributed by atoms with van der Waals surface area (Å²) >= 11 is 0. The number of hydrogen-bond donors (Lipinski definition) is 1. The van der Waals surface area contributed by atoms with Crippen molar-refractivity contribution in [3.63, 3.8) is 0 Å². The molecule has 1 heterocycles. The van der Waals surface area contributed by atoms with Crippen LogP contribution in [0.4, 0.5) is 4.39 Å². The van der Waals surface area contributed by atoms with Crippen LogP contribution in [0, 0.1) is 12.7 Å². The minimum atomic E-state index is -0.464. The highest BCUT2D eigenvalue weighted by atomic mass is 19.1. The summed E-state index contributed by atoms with van der Waals surface area (Å²) in [7, 11) is 0. The van der Waals surface area contributed by atoms with Gasteiger partial charge >= 0.3 is 0 Å². The number of hydrogen-bond acceptors (Lipinski definition) is 3. The van der Waals surface area contributed by atoms with E-state index in [4.69, 9.17) is 5.11 Å². The van der Waals surface area contributed by atoms with Crippen LogP contribution in [0.2, 0.25) is 0 Å². The van der Waals surface area contributed by atoms with E-state index in [1.165, 1.54) is 6.07 Å². The average Bonchev–Trinajstić information content (AvgIpc) is 2.42. The summed E-state index contributed by atoms with van der Waals surface area (Å²) in [5, 5.41) is 8.87. The average molecular weight is 266 g/mol.